The van der Waals surface area contributed by atoms with Crippen LogP contribution in [0.5, 0.6) is 0 Å². The predicted molar refractivity (Wildman–Crippen MR) is 49.6 cm³/mol. The largest absolute Gasteiger partial charge is 0.381 e. The van der Waals surface area contributed by atoms with Gasteiger partial charge in [-0.3, -0.25) is 5.01 Å². The molecule has 0 bridgehead atoms. The fraction of sp³-hybridized carbons (Fsp3) is 0.429. The van der Waals surface area contributed by atoms with E-state index in [2.05, 4.69) is 5.10 Å². The molecule has 0 unspecified atom stereocenters. The van der Waals surface area contributed by atoms with Gasteiger partial charge in [-0.2, -0.15) is 13.5 Å². The molecular weight excluding hydrogens is 190 g/mol. The molecule has 0 atom stereocenters. The van der Waals surface area contributed by atoms with Crippen LogP contribution in [0.25, 0.3) is 0 Å². The molecular formula is C7H9N3O2S. The zero-order chi connectivity index (χ0) is 9.42. The monoisotopic (exact) mass is 199 g/mol. The Kier molecular flexibility index (Phi) is 1.84. The minimum absolute atomic E-state index is 0.0986. The first-order valence-corrected chi connectivity index (χ1v) is 5.06. The maximum absolute atomic E-state index is 10.8. The Bertz CT molecular complexity index is 425. The molecule has 0 spiro atoms. The van der Waals surface area contributed by atoms with Gasteiger partial charge in [-0.25, -0.2) is 0 Å². The first-order chi connectivity index (χ1) is 6.20. The van der Waals surface area contributed by atoms with Gasteiger partial charge in [0.15, 0.2) is 10.7 Å². The van der Waals surface area contributed by atoms with Crippen molar-refractivity contribution >= 4 is 21.0 Å². The molecule has 0 radical (unpaired) electrons. The van der Waals surface area contributed by atoms with E-state index in [1.165, 1.54) is 0 Å². The van der Waals surface area contributed by atoms with Crippen molar-refractivity contribution in [3.8, 4) is 0 Å². The van der Waals surface area contributed by atoms with E-state index in [0.29, 0.717) is 5.70 Å². The average Bonchev–Trinajstić information content (AvgIpc) is 2.39. The van der Waals surface area contributed by atoms with Crippen LogP contribution in [0, 0.1) is 0 Å². The smallest absolute Gasteiger partial charge is 0.227 e. The van der Waals surface area contributed by atoms with E-state index in [-0.39, 0.29) is 10.7 Å². The summed E-state index contributed by atoms with van der Waals surface area (Å²) in [5.41, 5.74) is 6.11. The Morgan fingerprint density at radius 2 is 2.31 bits per heavy atom. The molecule has 0 aliphatic carbocycles. The molecule has 0 fully saturated rings. The summed E-state index contributed by atoms with van der Waals surface area (Å²) in [6.07, 6.45) is 3.73. The predicted octanol–water partition coefficient (Wildman–Crippen LogP) is -0.697. The second-order valence-corrected chi connectivity index (χ2v) is 3.78. The van der Waals surface area contributed by atoms with Crippen LogP contribution in [-0.4, -0.2) is 30.7 Å². The van der Waals surface area contributed by atoms with Crippen molar-refractivity contribution in [1.82, 2.24) is 5.01 Å². The van der Waals surface area contributed by atoms with E-state index in [4.69, 9.17) is 5.73 Å². The third-order valence-electron chi connectivity index (χ3n) is 2.05. The lowest BCUT2D eigenvalue weighted by Crippen LogP contribution is -2.24. The summed E-state index contributed by atoms with van der Waals surface area (Å²) in [7, 11) is -2.29. The Labute approximate surface area is 77.1 Å². The number of fused-ring (bicyclic) bond motifs is 1. The van der Waals surface area contributed by atoms with Crippen LogP contribution in [0.3, 0.4) is 0 Å². The van der Waals surface area contributed by atoms with Crippen LogP contribution >= 0.6 is 0 Å². The Hall–Kier alpha value is -1.30. The molecule has 0 aromatic rings. The molecule has 5 nitrogen and oxygen atoms in total. The van der Waals surface area contributed by atoms with Crippen LogP contribution < -0.4 is 5.73 Å². The Morgan fingerprint density at radius 3 is 3.00 bits per heavy atom. The van der Waals surface area contributed by atoms with Crippen LogP contribution in [0.2, 0.25) is 0 Å². The van der Waals surface area contributed by atoms with Gasteiger partial charge < -0.3 is 5.73 Å². The van der Waals surface area contributed by atoms with Crippen molar-refractivity contribution in [3.05, 3.63) is 11.8 Å². The highest BCUT2D eigenvalue weighted by Crippen LogP contribution is 2.20. The molecule has 70 valence electrons. The lowest BCUT2D eigenvalue weighted by molar-refractivity contribution is 0.367. The van der Waals surface area contributed by atoms with E-state index in [9.17, 15) is 8.42 Å². The number of amidine groups is 1. The summed E-state index contributed by atoms with van der Waals surface area (Å²) < 4.78 is 21.6. The quantitative estimate of drug-likeness (QED) is 0.524. The normalized spacial score (nSPS) is 20.9. The molecule has 0 saturated carbocycles. The zero-order valence-electron chi connectivity index (χ0n) is 6.90. The van der Waals surface area contributed by atoms with Gasteiger partial charge in [0.1, 0.15) is 0 Å². The van der Waals surface area contributed by atoms with Crippen LogP contribution in [0.15, 0.2) is 16.9 Å². The average molecular weight is 199 g/mol. The van der Waals surface area contributed by atoms with Gasteiger partial charge in [0, 0.05) is 6.54 Å². The summed E-state index contributed by atoms with van der Waals surface area (Å²) in [6.45, 7) is 0.743. The minimum Gasteiger partial charge on any atom is -0.381 e. The SMILES string of the molecule is NC1=NN2CCCC=C2C1=S(=O)=O. The number of rotatable bonds is 0. The second-order valence-electron chi connectivity index (χ2n) is 2.90. The second kappa shape index (κ2) is 2.88. The maximum Gasteiger partial charge on any atom is 0.227 e. The van der Waals surface area contributed by atoms with Crippen molar-refractivity contribution in [2.24, 2.45) is 10.8 Å². The van der Waals surface area contributed by atoms with Crippen molar-refractivity contribution < 1.29 is 8.42 Å². The summed E-state index contributed by atoms with van der Waals surface area (Å²) in [6, 6.07) is 0. The van der Waals surface area contributed by atoms with Crippen LogP contribution in [-0.2, 0) is 10.3 Å². The van der Waals surface area contributed by atoms with Crippen molar-refractivity contribution in [2.75, 3.05) is 6.54 Å². The number of nitrogens with two attached hydrogens (primary N) is 1. The van der Waals surface area contributed by atoms with Crippen LogP contribution in [0.1, 0.15) is 12.8 Å². The molecule has 2 N–H and O–H groups in total. The molecule has 0 saturated heterocycles. The fourth-order valence-electron chi connectivity index (χ4n) is 1.50. The summed E-state index contributed by atoms with van der Waals surface area (Å²) >= 11 is 0. The first-order valence-electron chi connectivity index (χ1n) is 3.99. The molecule has 6 heteroatoms. The number of hydrogen-bond donors (Lipinski definition) is 1. The molecule has 2 aliphatic rings. The van der Waals surface area contributed by atoms with Gasteiger partial charge in [0.2, 0.25) is 10.3 Å². The highest BCUT2D eigenvalue weighted by molar-refractivity contribution is 7.75. The third kappa shape index (κ3) is 1.23. The summed E-state index contributed by atoms with van der Waals surface area (Å²) in [5, 5.41) is 5.59. The topological polar surface area (TPSA) is 75.8 Å². The number of hydrazone groups is 1. The van der Waals surface area contributed by atoms with Crippen molar-refractivity contribution in [2.45, 2.75) is 12.8 Å². The van der Waals surface area contributed by atoms with Gasteiger partial charge in [-0.15, -0.1) is 0 Å². The van der Waals surface area contributed by atoms with Crippen molar-refractivity contribution in [1.29, 1.82) is 0 Å². The minimum atomic E-state index is -2.29. The van der Waals surface area contributed by atoms with E-state index < -0.39 is 10.3 Å². The highest BCUT2D eigenvalue weighted by Gasteiger charge is 2.28. The third-order valence-corrected chi connectivity index (χ3v) is 2.80. The van der Waals surface area contributed by atoms with Gasteiger partial charge in [-0.05, 0) is 12.8 Å². The summed E-state index contributed by atoms with van der Waals surface area (Å²) in [5.74, 6) is 0.0986. The molecule has 2 aliphatic heterocycles. The van der Waals surface area contributed by atoms with Crippen LogP contribution in [0.4, 0.5) is 0 Å². The van der Waals surface area contributed by atoms with Gasteiger partial charge >= 0.3 is 0 Å². The highest BCUT2D eigenvalue weighted by atomic mass is 32.2. The molecule has 0 aromatic carbocycles. The number of allylic oxidation sites excluding steroid dienone is 1. The first kappa shape index (κ1) is 8.31. The van der Waals surface area contributed by atoms with Gasteiger partial charge in [0.05, 0.1) is 5.70 Å². The van der Waals surface area contributed by atoms with E-state index in [1.54, 1.807) is 5.01 Å². The fourth-order valence-corrected chi connectivity index (χ4v) is 2.07. The molecule has 0 aromatic heterocycles. The van der Waals surface area contributed by atoms with E-state index >= 15 is 0 Å². The number of hydrogen-bond acceptors (Lipinski definition) is 5. The molecule has 13 heavy (non-hydrogen) atoms. The maximum atomic E-state index is 10.8. The number of nitrogens with zero attached hydrogens (tertiary/aromatic N) is 2. The standard InChI is InChI=1S/C7H9N3O2S/c8-7-6(13(11)12)5-3-1-2-4-10(5)9-7/h3H,1-2,4H2,(H2,8,9). The Morgan fingerprint density at radius 1 is 1.54 bits per heavy atom. The lowest BCUT2D eigenvalue weighted by Gasteiger charge is -2.18. The van der Waals surface area contributed by atoms with Gasteiger partial charge in [0.25, 0.3) is 0 Å². The molecule has 2 heterocycles. The lowest BCUT2D eigenvalue weighted by atomic mass is 10.1. The Balaban J connectivity index is 2.58. The molecule has 0 amide bonds. The molecule has 2 rings (SSSR count). The van der Waals surface area contributed by atoms with Gasteiger partial charge in [-0.1, -0.05) is 6.08 Å². The van der Waals surface area contributed by atoms with E-state index in [0.717, 1.165) is 19.4 Å². The van der Waals surface area contributed by atoms with E-state index in [1.807, 2.05) is 6.08 Å². The zero-order valence-corrected chi connectivity index (χ0v) is 7.71. The van der Waals surface area contributed by atoms with Crippen molar-refractivity contribution in [3.63, 3.8) is 0 Å². The summed E-state index contributed by atoms with van der Waals surface area (Å²) in [4.78, 5) is 0.139.